The van der Waals surface area contributed by atoms with Crippen LogP contribution in [-0.2, 0) is 0 Å². The summed E-state index contributed by atoms with van der Waals surface area (Å²) < 4.78 is 5.83. The SMILES string of the molecule is c1ccc(Oc2ccc(C3CCCNCC3)cc2)cc1. The van der Waals surface area contributed by atoms with E-state index in [1.165, 1.54) is 24.8 Å². The van der Waals surface area contributed by atoms with Crippen molar-refractivity contribution in [3.05, 3.63) is 60.2 Å². The molecule has 0 amide bonds. The molecule has 3 rings (SSSR count). The van der Waals surface area contributed by atoms with Crippen molar-refractivity contribution in [3.63, 3.8) is 0 Å². The van der Waals surface area contributed by atoms with Crippen LogP contribution in [0.1, 0.15) is 30.7 Å². The maximum absolute atomic E-state index is 5.83. The lowest BCUT2D eigenvalue weighted by Crippen LogP contribution is -2.13. The van der Waals surface area contributed by atoms with Crippen molar-refractivity contribution >= 4 is 0 Å². The van der Waals surface area contributed by atoms with Gasteiger partial charge in [0.25, 0.3) is 0 Å². The van der Waals surface area contributed by atoms with Crippen molar-refractivity contribution in [2.45, 2.75) is 25.2 Å². The van der Waals surface area contributed by atoms with Crippen LogP contribution in [0.2, 0.25) is 0 Å². The minimum Gasteiger partial charge on any atom is -0.457 e. The highest BCUT2D eigenvalue weighted by atomic mass is 16.5. The second kappa shape index (κ2) is 6.58. The Kier molecular flexibility index (Phi) is 4.34. The Balaban J connectivity index is 1.67. The van der Waals surface area contributed by atoms with Gasteiger partial charge in [-0.1, -0.05) is 30.3 Å². The van der Waals surface area contributed by atoms with E-state index in [9.17, 15) is 0 Å². The molecule has 104 valence electrons. The summed E-state index contributed by atoms with van der Waals surface area (Å²) in [6, 6.07) is 18.5. The maximum Gasteiger partial charge on any atom is 0.127 e. The Morgan fingerprint density at radius 1 is 0.800 bits per heavy atom. The molecule has 1 unspecified atom stereocenters. The molecule has 0 aliphatic carbocycles. The van der Waals surface area contributed by atoms with Crippen LogP contribution in [0.25, 0.3) is 0 Å². The van der Waals surface area contributed by atoms with Gasteiger partial charge in [-0.3, -0.25) is 0 Å². The average molecular weight is 267 g/mol. The lowest BCUT2D eigenvalue weighted by molar-refractivity contribution is 0.482. The summed E-state index contributed by atoms with van der Waals surface area (Å²) in [6.07, 6.45) is 3.79. The highest BCUT2D eigenvalue weighted by molar-refractivity contribution is 5.34. The molecule has 0 bridgehead atoms. The Bertz CT molecular complexity index is 513. The lowest BCUT2D eigenvalue weighted by atomic mass is 9.92. The third-order valence-electron chi connectivity index (χ3n) is 3.91. The second-order valence-corrected chi connectivity index (χ2v) is 5.36. The first-order valence-corrected chi connectivity index (χ1v) is 7.45. The Morgan fingerprint density at radius 2 is 1.55 bits per heavy atom. The molecule has 1 heterocycles. The number of ether oxygens (including phenoxy) is 1. The Morgan fingerprint density at radius 3 is 2.35 bits per heavy atom. The smallest absolute Gasteiger partial charge is 0.127 e. The normalized spacial score (nSPS) is 19.3. The minimum atomic E-state index is 0.691. The van der Waals surface area contributed by atoms with E-state index in [-0.39, 0.29) is 0 Å². The molecule has 20 heavy (non-hydrogen) atoms. The molecule has 2 nitrogen and oxygen atoms in total. The number of nitrogens with one attached hydrogen (secondary N) is 1. The van der Waals surface area contributed by atoms with Crippen LogP contribution in [0.3, 0.4) is 0 Å². The highest BCUT2D eigenvalue weighted by Gasteiger charge is 2.13. The summed E-state index contributed by atoms with van der Waals surface area (Å²) in [7, 11) is 0. The molecule has 2 aromatic carbocycles. The van der Waals surface area contributed by atoms with Gasteiger partial charge in [0.1, 0.15) is 11.5 Å². The molecule has 1 atom stereocenters. The van der Waals surface area contributed by atoms with Crippen molar-refractivity contribution in [2.24, 2.45) is 0 Å². The van der Waals surface area contributed by atoms with Crippen molar-refractivity contribution in [1.82, 2.24) is 5.32 Å². The Labute approximate surface area is 120 Å². The first kappa shape index (κ1) is 13.2. The van der Waals surface area contributed by atoms with Gasteiger partial charge in [-0.05, 0) is 68.1 Å². The zero-order valence-electron chi connectivity index (χ0n) is 11.7. The van der Waals surface area contributed by atoms with Gasteiger partial charge in [0.05, 0.1) is 0 Å². The van der Waals surface area contributed by atoms with E-state index in [0.29, 0.717) is 5.92 Å². The van der Waals surface area contributed by atoms with Crippen LogP contribution in [0.5, 0.6) is 11.5 Å². The first-order chi connectivity index (χ1) is 9.92. The van der Waals surface area contributed by atoms with Crippen LogP contribution in [0.4, 0.5) is 0 Å². The van der Waals surface area contributed by atoms with Crippen LogP contribution in [-0.4, -0.2) is 13.1 Å². The second-order valence-electron chi connectivity index (χ2n) is 5.36. The number of para-hydroxylation sites is 1. The van der Waals surface area contributed by atoms with E-state index in [4.69, 9.17) is 4.74 Å². The molecule has 1 aliphatic heterocycles. The summed E-state index contributed by atoms with van der Waals surface area (Å²) in [5.41, 5.74) is 1.44. The van der Waals surface area contributed by atoms with Gasteiger partial charge >= 0.3 is 0 Å². The summed E-state index contributed by atoms with van der Waals surface area (Å²) in [6.45, 7) is 2.29. The molecule has 2 aromatic rings. The molecule has 2 heteroatoms. The molecule has 1 saturated heterocycles. The average Bonchev–Trinajstić information content (AvgIpc) is 2.78. The number of benzene rings is 2. The van der Waals surface area contributed by atoms with Crippen LogP contribution in [0, 0.1) is 0 Å². The fraction of sp³-hybridized carbons (Fsp3) is 0.333. The van der Waals surface area contributed by atoms with E-state index < -0.39 is 0 Å². The van der Waals surface area contributed by atoms with Gasteiger partial charge in [-0.25, -0.2) is 0 Å². The zero-order chi connectivity index (χ0) is 13.6. The maximum atomic E-state index is 5.83. The molecule has 1 fully saturated rings. The van der Waals surface area contributed by atoms with Crippen LogP contribution < -0.4 is 10.1 Å². The molecule has 0 saturated carbocycles. The van der Waals surface area contributed by atoms with Crippen molar-refractivity contribution in [2.75, 3.05) is 13.1 Å². The van der Waals surface area contributed by atoms with E-state index in [1.807, 2.05) is 30.3 Å². The molecular weight excluding hydrogens is 246 g/mol. The van der Waals surface area contributed by atoms with Gasteiger partial charge < -0.3 is 10.1 Å². The summed E-state index contributed by atoms with van der Waals surface area (Å²) in [5, 5.41) is 3.47. The largest absolute Gasteiger partial charge is 0.457 e. The fourth-order valence-corrected chi connectivity index (χ4v) is 2.79. The van der Waals surface area contributed by atoms with E-state index in [1.54, 1.807) is 0 Å². The summed E-state index contributed by atoms with van der Waals surface area (Å²) in [5.74, 6) is 2.49. The number of hydrogen-bond donors (Lipinski definition) is 1. The first-order valence-electron chi connectivity index (χ1n) is 7.45. The van der Waals surface area contributed by atoms with Gasteiger partial charge in [-0.15, -0.1) is 0 Å². The summed E-state index contributed by atoms with van der Waals surface area (Å²) in [4.78, 5) is 0. The van der Waals surface area contributed by atoms with E-state index in [0.717, 1.165) is 24.6 Å². The van der Waals surface area contributed by atoms with Crippen LogP contribution in [0.15, 0.2) is 54.6 Å². The molecule has 0 aromatic heterocycles. The van der Waals surface area contributed by atoms with Crippen molar-refractivity contribution in [3.8, 4) is 11.5 Å². The van der Waals surface area contributed by atoms with Crippen LogP contribution >= 0.6 is 0 Å². The standard InChI is InChI=1S/C18H21NO/c1-2-6-17(7-3-1)20-18-10-8-16(9-11-18)15-5-4-13-19-14-12-15/h1-3,6-11,15,19H,4-5,12-14H2. The molecule has 1 N–H and O–H groups in total. The van der Waals surface area contributed by atoms with Gasteiger partial charge in [0.15, 0.2) is 0 Å². The lowest BCUT2D eigenvalue weighted by Gasteiger charge is -2.14. The van der Waals surface area contributed by atoms with Crippen molar-refractivity contribution in [1.29, 1.82) is 0 Å². The third-order valence-corrected chi connectivity index (χ3v) is 3.91. The monoisotopic (exact) mass is 267 g/mol. The quantitative estimate of drug-likeness (QED) is 0.893. The van der Waals surface area contributed by atoms with Gasteiger partial charge in [0.2, 0.25) is 0 Å². The topological polar surface area (TPSA) is 21.3 Å². The molecule has 0 spiro atoms. The fourth-order valence-electron chi connectivity index (χ4n) is 2.79. The zero-order valence-corrected chi connectivity index (χ0v) is 11.7. The highest BCUT2D eigenvalue weighted by Crippen LogP contribution is 2.28. The van der Waals surface area contributed by atoms with Gasteiger partial charge in [0, 0.05) is 0 Å². The summed E-state index contributed by atoms with van der Waals surface area (Å²) >= 11 is 0. The Hall–Kier alpha value is -1.80. The number of hydrogen-bond acceptors (Lipinski definition) is 2. The third kappa shape index (κ3) is 3.40. The van der Waals surface area contributed by atoms with Gasteiger partial charge in [-0.2, -0.15) is 0 Å². The molecular formula is C18H21NO. The predicted octanol–water partition coefficient (Wildman–Crippen LogP) is 4.34. The van der Waals surface area contributed by atoms with Crippen molar-refractivity contribution < 1.29 is 4.74 Å². The number of rotatable bonds is 3. The molecule has 0 radical (unpaired) electrons. The minimum absolute atomic E-state index is 0.691. The van der Waals surface area contributed by atoms with E-state index >= 15 is 0 Å². The van der Waals surface area contributed by atoms with E-state index in [2.05, 4.69) is 29.6 Å². The molecule has 1 aliphatic rings. The predicted molar refractivity (Wildman–Crippen MR) is 82.4 cm³/mol.